The Morgan fingerprint density at radius 1 is 1.09 bits per heavy atom. The van der Waals surface area contributed by atoms with Crippen LogP contribution in [0.1, 0.15) is 25.5 Å². The van der Waals surface area contributed by atoms with Gasteiger partial charge in [-0.3, -0.25) is 4.98 Å². The lowest BCUT2D eigenvalue weighted by Crippen LogP contribution is -2.48. The second kappa shape index (κ2) is 8.30. The lowest BCUT2D eigenvalue weighted by molar-refractivity contribution is -0.274. The van der Waals surface area contributed by atoms with Crippen LogP contribution >= 0.6 is 0 Å². The van der Waals surface area contributed by atoms with Crippen molar-refractivity contribution in [3.05, 3.63) is 48.6 Å². The summed E-state index contributed by atoms with van der Waals surface area (Å²) in [5.41, 5.74) is 13.2. The number of hydrogen-bond donors (Lipinski definition) is 2. The molecule has 0 atom stereocenters. The Labute approximate surface area is 183 Å². The molecular weight excluding hydrogens is 423 g/mol. The number of nitrogens with zero attached hydrogens (tertiary/aromatic N) is 5. The number of aromatic nitrogens is 2. The molecule has 0 amide bonds. The minimum atomic E-state index is -4.86. The summed E-state index contributed by atoms with van der Waals surface area (Å²) in [7, 11) is 0. The van der Waals surface area contributed by atoms with Crippen LogP contribution in [-0.4, -0.2) is 47.3 Å². The number of ether oxygens (including phenoxy) is 1. The van der Waals surface area contributed by atoms with Crippen LogP contribution in [0.3, 0.4) is 0 Å². The first-order valence-electron chi connectivity index (χ1n) is 10.1. The largest absolute Gasteiger partial charge is 0.573 e. The van der Waals surface area contributed by atoms with E-state index in [-0.39, 0.29) is 17.8 Å². The van der Waals surface area contributed by atoms with Crippen LogP contribution in [0.5, 0.6) is 5.75 Å². The number of aliphatic imine (C=N–C) groups is 1. The highest BCUT2D eigenvalue weighted by Crippen LogP contribution is 2.38. The minimum Gasteiger partial charge on any atom is -0.403 e. The summed E-state index contributed by atoms with van der Waals surface area (Å²) >= 11 is 0. The van der Waals surface area contributed by atoms with Crippen LogP contribution in [0.15, 0.2) is 47.9 Å². The standard InChI is InChI=1S/C21H24F3N7O/c1-20(26)6-10-30(11-7-20)14-4-2-9-28-19(14)31-13-17(25)29-12-15(31)18-16(5-3-8-27-18)32-21(22,23)24/h2-5,8-9,12H,6-7,10-11,13,26H2,1H3,(H2,25,29). The van der Waals surface area contributed by atoms with E-state index in [1.54, 1.807) is 11.1 Å². The van der Waals surface area contributed by atoms with Crippen molar-refractivity contribution < 1.29 is 17.9 Å². The third-order valence-corrected chi connectivity index (χ3v) is 5.47. The Balaban J connectivity index is 1.74. The molecule has 2 aliphatic heterocycles. The summed E-state index contributed by atoms with van der Waals surface area (Å²) in [6, 6.07) is 6.33. The van der Waals surface area contributed by atoms with Gasteiger partial charge in [-0.05, 0) is 44.0 Å². The SMILES string of the molecule is CC1(N)CCN(c2cccnc2N2CC(N)=NC=C2c2ncccc2OC(F)(F)F)CC1. The number of hydrogen-bond acceptors (Lipinski definition) is 8. The van der Waals surface area contributed by atoms with E-state index in [2.05, 4.69) is 24.6 Å². The molecule has 4 N–H and O–H groups in total. The maximum absolute atomic E-state index is 13.0. The maximum Gasteiger partial charge on any atom is 0.573 e. The summed E-state index contributed by atoms with van der Waals surface area (Å²) in [5.74, 6) is 0.412. The zero-order valence-electron chi connectivity index (χ0n) is 17.5. The number of alkyl halides is 3. The molecule has 1 saturated heterocycles. The fraction of sp³-hybridized carbons (Fsp3) is 0.381. The van der Waals surface area contributed by atoms with Crippen molar-refractivity contribution in [3.63, 3.8) is 0 Å². The topological polar surface area (TPSA) is 106 Å². The van der Waals surface area contributed by atoms with Crippen molar-refractivity contribution in [2.45, 2.75) is 31.7 Å². The van der Waals surface area contributed by atoms with Gasteiger partial charge in [0, 0.05) is 31.0 Å². The van der Waals surface area contributed by atoms with E-state index in [0.29, 0.717) is 17.4 Å². The molecule has 0 bridgehead atoms. The molecule has 0 spiro atoms. The van der Waals surface area contributed by atoms with Crippen molar-refractivity contribution in [3.8, 4) is 5.75 Å². The Morgan fingerprint density at radius 2 is 1.78 bits per heavy atom. The quantitative estimate of drug-likeness (QED) is 0.742. The van der Waals surface area contributed by atoms with Gasteiger partial charge in [-0.15, -0.1) is 13.2 Å². The van der Waals surface area contributed by atoms with Crippen molar-refractivity contribution in [2.24, 2.45) is 16.5 Å². The third-order valence-electron chi connectivity index (χ3n) is 5.47. The number of halogens is 3. The first-order chi connectivity index (χ1) is 15.1. The van der Waals surface area contributed by atoms with Gasteiger partial charge in [0.2, 0.25) is 0 Å². The maximum atomic E-state index is 13.0. The van der Waals surface area contributed by atoms with E-state index >= 15 is 0 Å². The van der Waals surface area contributed by atoms with E-state index in [1.165, 1.54) is 24.5 Å². The molecule has 2 aromatic heterocycles. The summed E-state index contributed by atoms with van der Waals surface area (Å²) in [6.07, 6.45) is 1.15. The zero-order chi connectivity index (χ0) is 22.9. The lowest BCUT2D eigenvalue weighted by atomic mass is 9.91. The van der Waals surface area contributed by atoms with Crippen LogP contribution < -0.4 is 26.0 Å². The average Bonchev–Trinajstić information content (AvgIpc) is 2.73. The monoisotopic (exact) mass is 447 g/mol. The molecule has 0 aliphatic carbocycles. The highest BCUT2D eigenvalue weighted by atomic mass is 19.4. The predicted octanol–water partition coefficient (Wildman–Crippen LogP) is 2.87. The number of amidine groups is 1. The second-order valence-corrected chi connectivity index (χ2v) is 8.11. The summed E-state index contributed by atoms with van der Waals surface area (Å²) in [5, 5.41) is 0. The molecule has 2 aliphatic rings. The number of pyridine rings is 2. The van der Waals surface area contributed by atoms with Gasteiger partial charge in [0.25, 0.3) is 0 Å². The van der Waals surface area contributed by atoms with Crippen molar-refractivity contribution in [1.82, 2.24) is 9.97 Å². The van der Waals surface area contributed by atoms with Crippen LogP contribution in [0.25, 0.3) is 5.70 Å². The molecule has 4 heterocycles. The Bertz CT molecular complexity index is 1040. The number of piperidine rings is 1. The molecule has 1 fully saturated rings. The number of rotatable bonds is 4. The van der Waals surface area contributed by atoms with E-state index in [0.717, 1.165) is 31.6 Å². The molecule has 0 saturated carbocycles. The van der Waals surface area contributed by atoms with Crippen molar-refractivity contribution in [2.75, 3.05) is 29.4 Å². The Kier molecular flexibility index (Phi) is 5.68. The van der Waals surface area contributed by atoms with Crippen LogP contribution in [0.4, 0.5) is 24.7 Å². The fourth-order valence-corrected chi connectivity index (χ4v) is 3.77. The molecule has 4 rings (SSSR count). The van der Waals surface area contributed by atoms with Gasteiger partial charge in [0.1, 0.15) is 11.5 Å². The van der Waals surface area contributed by atoms with Crippen molar-refractivity contribution >= 4 is 23.0 Å². The number of nitrogens with two attached hydrogens (primary N) is 2. The van der Waals surface area contributed by atoms with Crippen molar-refractivity contribution in [1.29, 1.82) is 0 Å². The van der Waals surface area contributed by atoms with E-state index < -0.39 is 12.1 Å². The van der Waals surface area contributed by atoms with E-state index in [9.17, 15) is 13.2 Å². The highest BCUT2D eigenvalue weighted by Gasteiger charge is 2.35. The van der Waals surface area contributed by atoms with Gasteiger partial charge in [-0.2, -0.15) is 0 Å². The molecule has 0 aromatic carbocycles. The normalized spacial score (nSPS) is 18.8. The van der Waals surface area contributed by atoms with Gasteiger partial charge in [-0.25, -0.2) is 9.98 Å². The first-order valence-corrected chi connectivity index (χ1v) is 10.1. The van der Waals surface area contributed by atoms with Crippen LogP contribution in [-0.2, 0) is 0 Å². The molecule has 2 aromatic rings. The Morgan fingerprint density at radius 3 is 2.50 bits per heavy atom. The van der Waals surface area contributed by atoms with Gasteiger partial charge in [0.15, 0.2) is 11.6 Å². The Hall–Kier alpha value is -3.34. The molecule has 0 radical (unpaired) electrons. The van der Waals surface area contributed by atoms with Crippen LogP contribution in [0.2, 0.25) is 0 Å². The van der Waals surface area contributed by atoms with Gasteiger partial charge >= 0.3 is 6.36 Å². The van der Waals surface area contributed by atoms with Gasteiger partial charge < -0.3 is 26.0 Å². The molecule has 32 heavy (non-hydrogen) atoms. The lowest BCUT2D eigenvalue weighted by Gasteiger charge is -2.40. The van der Waals surface area contributed by atoms with Gasteiger partial charge in [0.05, 0.1) is 24.1 Å². The third kappa shape index (κ3) is 4.77. The number of anilines is 2. The van der Waals surface area contributed by atoms with Gasteiger partial charge in [-0.1, -0.05) is 0 Å². The zero-order valence-corrected chi connectivity index (χ0v) is 17.5. The second-order valence-electron chi connectivity index (χ2n) is 8.11. The first kappa shape index (κ1) is 21.9. The highest BCUT2D eigenvalue weighted by molar-refractivity contribution is 5.96. The molecular formula is C21H24F3N7O. The molecule has 11 heteroatoms. The average molecular weight is 447 g/mol. The molecule has 170 valence electrons. The van der Waals surface area contributed by atoms with Crippen LogP contribution in [0, 0.1) is 0 Å². The fourth-order valence-electron chi connectivity index (χ4n) is 3.77. The van der Waals surface area contributed by atoms with E-state index in [1.807, 2.05) is 19.1 Å². The predicted molar refractivity (Wildman–Crippen MR) is 116 cm³/mol. The minimum absolute atomic E-state index is 0.00847. The summed E-state index contributed by atoms with van der Waals surface area (Å²) < 4.78 is 43.2. The molecule has 0 unspecified atom stereocenters. The molecule has 8 nitrogen and oxygen atoms in total. The van der Waals surface area contributed by atoms with E-state index in [4.69, 9.17) is 11.5 Å². The summed E-state index contributed by atoms with van der Waals surface area (Å²) in [6.45, 7) is 3.63. The summed E-state index contributed by atoms with van der Waals surface area (Å²) in [4.78, 5) is 16.7. The smallest absolute Gasteiger partial charge is 0.403 e.